The van der Waals surface area contributed by atoms with E-state index in [0.717, 1.165) is 23.7 Å². The molecule has 5 nitrogen and oxygen atoms in total. The van der Waals surface area contributed by atoms with E-state index in [0.29, 0.717) is 17.3 Å². The first-order valence-electron chi connectivity index (χ1n) is 6.41. The molecule has 0 aliphatic carbocycles. The van der Waals surface area contributed by atoms with Crippen LogP contribution in [0.1, 0.15) is 6.42 Å². The third kappa shape index (κ3) is 3.41. The molecule has 0 spiro atoms. The summed E-state index contributed by atoms with van der Waals surface area (Å²) in [5, 5.41) is 8.69. The van der Waals surface area contributed by atoms with Gasteiger partial charge in [0.2, 0.25) is 5.91 Å². The van der Waals surface area contributed by atoms with Crippen LogP contribution in [0.15, 0.2) is 28.2 Å². The molecule has 7 heteroatoms. The molecule has 3 rings (SSSR count). The Balaban J connectivity index is 1.56. The van der Waals surface area contributed by atoms with Crippen molar-refractivity contribution in [2.24, 2.45) is 0 Å². The van der Waals surface area contributed by atoms with Crippen LogP contribution >= 0.6 is 23.1 Å². The number of hydrogen-bond donors (Lipinski definition) is 2. The van der Waals surface area contributed by atoms with Crippen molar-refractivity contribution < 1.29 is 9.21 Å². The monoisotopic (exact) mass is 309 g/mol. The highest BCUT2D eigenvalue weighted by Crippen LogP contribution is 2.25. The van der Waals surface area contributed by atoms with Crippen molar-refractivity contribution in [3.05, 3.63) is 23.8 Å². The lowest BCUT2D eigenvalue weighted by Crippen LogP contribution is -2.39. The average Bonchev–Trinajstić information content (AvgIpc) is 3.10. The second-order valence-corrected chi connectivity index (χ2v) is 6.50. The van der Waals surface area contributed by atoms with Gasteiger partial charge in [0, 0.05) is 35.9 Å². The maximum absolute atomic E-state index is 12.0. The SMILES string of the molecule is O=C(CC1CSCCN1)Nc1nc(-c2ccco2)cs1. The summed E-state index contributed by atoms with van der Waals surface area (Å²) in [7, 11) is 0. The Bertz CT molecular complexity index is 562. The zero-order valence-electron chi connectivity index (χ0n) is 10.8. The molecule has 1 aliphatic rings. The number of rotatable bonds is 4. The number of hydrogen-bond acceptors (Lipinski definition) is 6. The highest BCUT2D eigenvalue weighted by Gasteiger charge is 2.17. The summed E-state index contributed by atoms with van der Waals surface area (Å²) in [5.41, 5.74) is 0.752. The van der Waals surface area contributed by atoms with Gasteiger partial charge in [-0.2, -0.15) is 11.8 Å². The predicted octanol–water partition coefficient (Wildman–Crippen LogP) is 2.44. The summed E-state index contributed by atoms with van der Waals surface area (Å²) >= 11 is 3.30. The van der Waals surface area contributed by atoms with Gasteiger partial charge in [0.05, 0.1) is 6.26 Å². The van der Waals surface area contributed by atoms with Crippen LogP contribution in [0.2, 0.25) is 0 Å². The number of carbonyl (C=O) groups is 1. The number of amides is 1. The van der Waals surface area contributed by atoms with Gasteiger partial charge in [-0.15, -0.1) is 11.3 Å². The summed E-state index contributed by atoms with van der Waals surface area (Å²) in [5.74, 6) is 2.83. The minimum absolute atomic E-state index is 0.00495. The van der Waals surface area contributed by atoms with E-state index in [-0.39, 0.29) is 11.9 Å². The molecule has 0 saturated carbocycles. The first kappa shape index (κ1) is 13.7. The van der Waals surface area contributed by atoms with Gasteiger partial charge < -0.3 is 15.1 Å². The lowest BCUT2D eigenvalue weighted by molar-refractivity contribution is -0.116. The molecule has 2 N–H and O–H groups in total. The molecule has 106 valence electrons. The number of aromatic nitrogens is 1. The van der Waals surface area contributed by atoms with Crippen molar-refractivity contribution in [1.82, 2.24) is 10.3 Å². The highest BCUT2D eigenvalue weighted by molar-refractivity contribution is 7.99. The maximum Gasteiger partial charge on any atom is 0.227 e. The summed E-state index contributed by atoms with van der Waals surface area (Å²) < 4.78 is 5.28. The molecule has 0 aromatic carbocycles. The summed E-state index contributed by atoms with van der Waals surface area (Å²) in [4.78, 5) is 16.3. The van der Waals surface area contributed by atoms with E-state index in [9.17, 15) is 4.79 Å². The molecule has 1 amide bonds. The Kier molecular flexibility index (Phi) is 4.39. The number of furan rings is 1. The molecule has 0 bridgehead atoms. The Labute approximate surface area is 125 Å². The van der Waals surface area contributed by atoms with Gasteiger partial charge in [0.25, 0.3) is 0 Å². The fourth-order valence-electron chi connectivity index (χ4n) is 2.01. The molecular weight excluding hydrogens is 294 g/mol. The molecule has 2 aromatic rings. The van der Waals surface area contributed by atoms with Crippen LogP contribution in [0.4, 0.5) is 5.13 Å². The zero-order chi connectivity index (χ0) is 13.8. The normalized spacial score (nSPS) is 18.9. The molecule has 0 radical (unpaired) electrons. The minimum atomic E-state index is 0.00495. The Morgan fingerprint density at radius 3 is 3.30 bits per heavy atom. The van der Waals surface area contributed by atoms with Crippen molar-refractivity contribution in [2.45, 2.75) is 12.5 Å². The van der Waals surface area contributed by atoms with E-state index < -0.39 is 0 Å². The van der Waals surface area contributed by atoms with Gasteiger partial charge in [-0.25, -0.2) is 4.98 Å². The van der Waals surface area contributed by atoms with Crippen LogP contribution in [0, 0.1) is 0 Å². The van der Waals surface area contributed by atoms with Crippen LogP contribution in [0.5, 0.6) is 0 Å². The number of anilines is 1. The minimum Gasteiger partial charge on any atom is -0.463 e. The van der Waals surface area contributed by atoms with Gasteiger partial charge in [0.1, 0.15) is 5.69 Å². The lowest BCUT2D eigenvalue weighted by Gasteiger charge is -2.22. The molecular formula is C13H15N3O2S2. The quantitative estimate of drug-likeness (QED) is 0.908. The van der Waals surface area contributed by atoms with E-state index in [4.69, 9.17) is 4.42 Å². The van der Waals surface area contributed by atoms with E-state index in [1.807, 2.05) is 29.3 Å². The molecule has 2 aromatic heterocycles. The zero-order valence-corrected chi connectivity index (χ0v) is 12.4. The van der Waals surface area contributed by atoms with Crippen molar-refractivity contribution in [3.8, 4) is 11.5 Å². The molecule has 1 atom stereocenters. The third-order valence-electron chi connectivity index (χ3n) is 2.95. The third-order valence-corrected chi connectivity index (χ3v) is 4.84. The predicted molar refractivity (Wildman–Crippen MR) is 82.2 cm³/mol. The summed E-state index contributed by atoms with van der Waals surface area (Å²) in [6, 6.07) is 3.93. The number of thiazole rings is 1. The fourth-order valence-corrected chi connectivity index (χ4v) is 3.68. The smallest absolute Gasteiger partial charge is 0.227 e. The summed E-state index contributed by atoms with van der Waals surface area (Å²) in [6.45, 7) is 0.975. The van der Waals surface area contributed by atoms with E-state index in [2.05, 4.69) is 15.6 Å². The van der Waals surface area contributed by atoms with Crippen molar-refractivity contribution in [3.63, 3.8) is 0 Å². The van der Waals surface area contributed by atoms with Crippen molar-refractivity contribution in [2.75, 3.05) is 23.4 Å². The van der Waals surface area contributed by atoms with Gasteiger partial charge in [0.15, 0.2) is 10.9 Å². The molecule has 1 aliphatic heterocycles. The van der Waals surface area contributed by atoms with Crippen LogP contribution < -0.4 is 10.6 Å². The average molecular weight is 309 g/mol. The van der Waals surface area contributed by atoms with Gasteiger partial charge in [-0.3, -0.25) is 4.79 Å². The maximum atomic E-state index is 12.0. The second kappa shape index (κ2) is 6.43. The van der Waals surface area contributed by atoms with Gasteiger partial charge in [-0.05, 0) is 12.1 Å². The molecule has 3 heterocycles. The number of carbonyl (C=O) groups excluding carboxylic acids is 1. The molecule has 1 fully saturated rings. The fraction of sp³-hybridized carbons (Fsp3) is 0.385. The van der Waals surface area contributed by atoms with Gasteiger partial charge in [-0.1, -0.05) is 0 Å². The Morgan fingerprint density at radius 1 is 1.60 bits per heavy atom. The number of nitrogens with zero attached hydrogens (tertiary/aromatic N) is 1. The van der Waals surface area contributed by atoms with E-state index in [1.54, 1.807) is 6.26 Å². The van der Waals surface area contributed by atoms with Crippen LogP contribution in [-0.2, 0) is 4.79 Å². The second-order valence-electron chi connectivity index (χ2n) is 4.49. The first-order valence-corrected chi connectivity index (χ1v) is 8.45. The van der Waals surface area contributed by atoms with Crippen LogP contribution in [0.3, 0.4) is 0 Å². The first-order chi connectivity index (χ1) is 9.81. The molecule has 1 unspecified atom stereocenters. The topological polar surface area (TPSA) is 67.2 Å². The number of thioether (sulfide) groups is 1. The van der Waals surface area contributed by atoms with Crippen LogP contribution in [0.25, 0.3) is 11.5 Å². The Hall–Kier alpha value is -1.31. The number of nitrogens with one attached hydrogen (secondary N) is 2. The van der Waals surface area contributed by atoms with Crippen molar-refractivity contribution in [1.29, 1.82) is 0 Å². The standard InChI is InChI=1S/C13H15N3O2S2/c17-12(6-9-7-19-5-3-14-9)16-13-15-10(8-20-13)11-2-1-4-18-11/h1-2,4,8-9,14H,3,5-7H2,(H,15,16,17). The Morgan fingerprint density at radius 2 is 2.55 bits per heavy atom. The van der Waals surface area contributed by atoms with Crippen molar-refractivity contribution >= 4 is 34.1 Å². The molecule has 1 saturated heterocycles. The summed E-state index contributed by atoms with van der Waals surface area (Å²) in [6.07, 6.45) is 2.10. The van der Waals surface area contributed by atoms with Crippen LogP contribution in [-0.4, -0.2) is 35.0 Å². The lowest BCUT2D eigenvalue weighted by atomic mass is 10.2. The highest BCUT2D eigenvalue weighted by atomic mass is 32.2. The van der Waals surface area contributed by atoms with E-state index in [1.165, 1.54) is 11.3 Å². The van der Waals surface area contributed by atoms with E-state index >= 15 is 0 Å². The van der Waals surface area contributed by atoms with Gasteiger partial charge >= 0.3 is 0 Å². The molecule has 20 heavy (non-hydrogen) atoms. The largest absolute Gasteiger partial charge is 0.463 e.